The van der Waals surface area contributed by atoms with Crippen LogP contribution in [0.2, 0.25) is 0 Å². The Kier molecular flexibility index (Phi) is 4.87. The predicted molar refractivity (Wildman–Crippen MR) is 69.0 cm³/mol. The van der Waals surface area contributed by atoms with E-state index in [0.29, 0.717) is 12.8 Å². The van der Waals surface area contributed by atoms with Gasteiger partial charge in [-0.1, -0.05) is 50.1 Å². The first kappa shape index (κ1) is 13.1. The topological polar surface area (TPSA) is 37.3 Å². The van der Waals surface area contributed by atoms with Gasteiger partial charge in [-0.25, -0.2) is 0 Å². The summed E-state index contributed by atoms with van der Waals surface area (Å²) in [4.78, 5) is 11.3. The van der Waals surface area contributed by atoms with Crippen molar-refractivity contribution >= 4 is 18.6 Å². The Morgan fingerprint density at radius 3 is 2.50 bits per heavy atom. The molecule has 0 aliphatic carbocycles. The van der Waals surface area contributed by atoms with Crippen molar-refractivity contribution < 1.29 is 9.90 Å². The quantitative estimate of drug-likeness (QED) is 0.747. The van der Waals surface area contributed by atoms with Crippen LogP contribution < -0.4 is 0 Å². The lowest BCUT2D eigenvalue weighted by atomic mass is 9.93. The second-order valence-electron chi connectivity index (χ2n) is 4.10. The van der Waals surface area contributed by atoms with Gasteiger partial charge in [0.05, 0.1) is 0 Å². The van der Waals surface area contributed by atoms with Gasteiger partial charge >= 0.3 is 5.97 Å². The Balaban J connectivity index is 2.75. The molecule has 0 aliphatic rings. The third-order valence-electron chi connectivity index (χ3n) is 2.68. The van der Waals surface area contributed by atoms with Crippen molar-refractivity contribution in [1.82, 2.24) is 0 Å². The fourth-order valence-electron chi connectivity index (χ4n) is 1.67. The number of hydrogen-bond acceptors (Lipinski definition) is 2. The first-order valence-corrected chi connectivity index (χ1v) is 6.03. The van der Waals surface area contributed by atoms with E-state index in [1.807, 2.05) is 30.3 Å². The van der Waals surface area contributed by atoms with Crippen LogP contribution in [0.1, 0.15) is 31.7 Å². The van der Waals surface area contributed by atoms with Gasteiger partial charge in [0.25, 0.3) is 0 Å². The first-order chi connectivity index (χ1) is 7.58. The van der Waals surface area contributed by atoms with E-state index in [1.165, 1.54) is 0 Å². The molecule has 0 radical (unpaired) electrons. The maximum atomic E-state index is 11.3. The highest BCUT2D eigenvalue weighted by molar-refractivity contribution is 7.82. The lowest BCUT2D eigenvalue weighted by Crippen LogP contribution is -2.35. The summed E-state index contributed by atoms with van der Waals surface area (Å²) < 4.78 is -0.933. The van der Waals surface area contributed by atoms with E-state index in [2.05, 4.69) is 19.6 Å². The van der Waals surface area contributed by atoms with Crippen LogP contribution >= 0.6 is 12.6 Å². The minimum Gasteiger partial charge on any atom is -0.480 e. The highest BCUT2D eigenvalue weighted by atomic mass is 32.1. The molecule has 0 heterocycles. The SMILES string of the molecule is CCCCC(S)(Cc1ccccc1)C(=O)O. The molecule has 0 aliphatic heterocycles. The standard InChI is InChI=1S/C13H18O2S/c1-2-3-9-13(16,12(14)15)10-11-7-5-4-6-8-11/h4-8,16H,2-3,9-10H2,1H3,(H,14,15). The highest BCUT2D eigenvalue weighted by Crippen LogP contribution is 2.27. The molecule has 0 amide bonds. The average molecular weight is 238 g/mol. The van der Waals surface area contributed by atoms with Crippen molar-refractivity contribution in [1.29, 1.82) is 0 Å². The van der Waals surface area contributed by atoms with Crippen molar-refractivity contribution in [3.63, 3.8) is 0 Å². The van der Waals surface area contributed by atoms with Gasteiger partial charge in [-0.05, 0) is 18.4 Å². The van der Waals surface area contributed by atoms with Crippen LogP contribution in [-0.4, -0.2) is 15.8 Å². The van der Waals surface area contributed by atoms with E-state index in [1.54, 1.807) is 0 Å². The third kappa shape index (κ3) is 3.56. The number of carboxylic acid groups (broad SMARTS) is 1. The van der Waals surface area contributed by atoms with Gasteiger partial charge in [-0.3, -0.25) is 4.79 Å². The van der Waals surface area contributed by atoms with Crippen LogP contribution in [0.25, 0.3) is 0 Å². The minimum absolute atomic E-state index is 0.478. The van der Waals surface area contributed by atoms with E-state index in [9.17, 15) is 9.90 Å². The molecule has 1 aromatic rings. The molecule has 1 atom stereocenters. The lowest BCUT2D eigenvalue weighted by molar-refractivity contribution is -0.140. The Labute approximate surface area is 102 Å². The summed E-state index contributed by atoms with van der Waals surface area (Å²) in [6, 6.07) is 9.66. The number of aliphatic carboxylic acids is 1. The predicted octanol–water partition coefficient (Wildman–Crippen LogP) is 3.17. The van der Waals surface area contributed by atoms with Crippen molar-refractivity contribution in [2.75, 3.05) is 0 Å². The normalized spacial score (nSPS) is 14.4. The number of unbranched alkanes of at least 4 members (excludes halogenated alkanes) is 1. The van der Waals surface area contributed by atoms with E-state index in [-0.39, 0.29) is 0 Å². The van der Waals surface area contributed by atoms with Crippen LogP contribution in [0.15, 0.2) is 30.3 Å². The summed E-state index contributed by atoms with van der Waals surface area (Å²) in [5.74, 6) is -0.826. The highest BCUT2D eigenvalue weighted by Gasteiger charge is 2.33. The number of thiol groups is 1. The zero-order valence-electron chi connectivity index (χ0n) is 9.52. The zero-order valence-corrected chi connectivity index (χ0v) is 10.4. The molecule has 0 saturated carbocycles. The molecule has 16 heavy (non-hydrogen) atoms. The molecule has 1 N–H and O–H groups in total. The number of rotatable bonds is 6. The second-order valence-corrected chi connectivity index (χ2v) is 4.96. The number of hydrogen-bond donors (Lipinski definition) is 2. The molecular weight excluding hydrogens is 220 g/mol. The Hall–Kier alpha value is -0.960. The van der Waals surface area contributed by atoms with Crippen LogP contribution in [-0.2, 0) is 11.2 Å². The van der Waals surface area contributed by atoms with Crippen LogP contribution in [0, 0.1) is 0 Å². The average Bonchev–Trinajstić information content (AvgIpc) is 2.27. The molecule has 0 spiro atoms. The Bertz CT molecular complexity index is 337. The Morgan fingerprint density at radius 1 is 1.38 bits per heavy atom. The molecule has 0 bridgehead atoms. The minimum atomic E-state index is -0.933. The van der Waals surface area contributed by atoms with Gasteiger partial charge in [0, 0.05) is 0 Å². The maximum absolute atomic E-state index is 11.3. The molecule has 0 fully saturated rings. The maximum Gasteiger partial charge on any atom is 0.319 e. The smallest absolute Gasteiger partial charge is 0.319 e. The molecule has 3 heteroatoms. The van der Waals surface area contributed by atoms with Gasteiger partial charge in [0.1, 0.15) is 4.75 Å². The van der Waals surface area contributed by atoms with Crippen LogP contribution in [0.4, 0.5) is 0 Å². The van der Waals surface area contributed by atoms with Crippen molar-refractivity contribution in [2.24, 2.45) is 0 Å². The molecule has 0 saturated heterocycles. The summed E-state index contributed by atoms with van der Waals surface area (Å²) in [5, 5.41) is 9.24. The molecule has 1 aromatic carbocycles. The van der Waals surface area contributed by atoms with Gasteiger partial charge in [-0.2, -0.15) is 12.6 Å². The molecular formula is C13H18O2S. The van der Waals surface area contributed by atoms with Gasteiger partial charge in [0.2, 0.25) is 0 Å². The van der Waals surface area contributed by atoms with Crippen molar-refractivity contribution in [2.45, 2.75) is 37.4 Å². The van der Waals surface area contributed by atoms with Crippen LogP contribution in [0.5, 0.6) is 0 Å². The van der Waals surface area contributed by atoms with Crippen LogP contribution in [0.3, 0.4) is 0 Å². The number of benzene rings is 1. The van der Waals surface area contributed by atoms with E-state index in [0.717, 1.165) is 18.4 Å². The summed E-state index contributed by atoms with van der Waals surface area (Å²) >= 11 is 4.36. The fraction of sp³-hybridized carbons (Fsp3) is 0.462. The molecule has 1 unspecified atom stereocenters. The molecule has 0 aromatic heterocycles. The summed E-state index contributed by atoms with van der Waals surface area (Å²) in [6.07, 6.45) is 2.97. The first-order valence-electron chi connectivity index (χ1n) is 5.58. The van der Waals surface area contributed by atoms with Crippen molar-refractivity contribution in [3.8, 4) is 0 Å². The largest absolute Gasteiger partial charge is 0.480 e. The molecule has 1 rings (SSSR count). The fourth-order valence-corrected chi connectivity index (χ4v) is 2.01. The number of carboxylic acids is 1. The summed E-state index contributed by atoms with van der Waals surface area (Å²) in [5.41, 5.74) is 1.02. The Morgan fingerprint density at radius 2 is 2.00 bits per heavy atom. The summed E-state index contributed by atoms with van der Waals surface area (Å²) in [7, 11) is 0. The monoisotopic (exact) mass is 238 g/mol. The second kappa shape index (κ2) is 5.94. The third-order valence-corrected chi connectivity index (χ3v) is 3.25. The van der Waals surface area contributed by atoms with Gasteiger partial charge in [0.15, 0.2) is 0 Å². The van der Waals surface area contributed by atoms with E-state index < -0.39 is 10.7 Å². The van der Waals surface area contributed by atoms with E-state index >= 15 is 0 Å². The molecule has 2 nitrogen and oxygen atoms in total. The van der Waals surface area contributed by atoms with Gasteiger partial charge in [-0.15, -0.1) is 0 Å². The zero-order chi connectivity index (χ0) is 12.0. The lowest BCUT2D eigenvalue weighted by Gasteiger charge is -2.23. The van der Waals surface area contributed by atoms with E-state index in [4.69, 9.17) is 0 Å². The van der Waals surface area contributed by atoms with Crippen molar-refractivity contribution in [3.05, 3.63) is 35.9 Å². The van der Waals surface area contributed by atoms with Gasteiger partial charge < -0.3 is 5.11 Å². The molecule has 88 valence electrons. The number of carbonyl (C=O) groups is 1. The summed E-state index contributed by atoms with van der Waals surface area (Å²) in [6.45, 7) is 2.05.